The van der Waals surface area contributed by atoms with Gasteiger partial charge in [0.15, 0.2) is 0 Å². The zero-order valence-corrected chi connectivity index (χ0v) is 16.1. The molecule has 7 heteroatoms. The van der Waals surface area contributed by atoms with E-state index < -0.39 is 0 Å². The smallest absolute Gasteiger partial charge is 0.323 e. The molecule has 0 unspecified atom stereocenters. The summed E-state index contributed by atoms with van der Waals surface area (Å²) in [5, 5.41) is 11.9. The Morgan fingerprint density at radius 3 is 2.54 bits per heavy atom. The van der Waals surface area contributed by atoms with Gasteiger partial charge in [-0.05, 0) is 36.8 Å². The van der Waals surface area contributed by atoms with Crippen molar-refractivity contribution in [3.05, 3.63) is 59.7 Å². The molecular weight excluding hydrogens is 354 g/mol. The van der Waals surface area contributed by atoms with E-state index >= 15 is 0 Å². The zero-order valence-electron chi connectivity index (χ0n) is 16.1. The van der Waals surface area contributed by atoms with Crippen LogP contribution in [0.3, 0.4) is 0 Å². The van der Waals surface area contributed by atoms with E-state index in [1.165, 1.54) is 0 Å². The molecule has 148 valence electrons. The summed E-state index contributed by atoms with van der Waals surface area (Å²) >= 11 is 0. The molecule has 0 aliphatic carbocycles. The van der Waals surface area contributed by atoms with E-state index in [-0.39, 0.29) is 11.9 Å². The summed E-state index contributed by atoms with van der Waals surface area (Å²) in [7, 11) is 0. The molecule has 0 spiro atoms. The molecule has 1 aliphatic heterocycles. The highest BCUT2D eigenvalue weighted by atomic mass is 16.2. The lowest BCUT2D eigenvalue weighted by atomic mass is 10.1. The van der Waals surface area contributed by atoms with Crippen LogP contribution in [-0.4, -0.2) is 56.1 Å². The van der Waals surface area contributed by atoms with Crippen LogP contribution in [0, 0.1) is 6.92 Å². The topological polar surface area (TPSA) is 85.5 Å². The van der Waals surface area contributed by atoms with Gasteiger partial charge >= 0.3 is 6.03 Å². The van der Waals surface area contributed by atoms with Crippen LogP contribution in [0.15, 0.2) is 48.5 Å². The minimum atomic E-state index is -0.342. The number of rotatable bonds is 6. The highest BCUT2D eigenvalue weighted by molar-refractivity contribution is 6.02. The van der Waals surface area contributed by atoms with Gasteiger partial charge in [0, 0.05) is 56.2 Å². The number of amides is 3. The molecule has 3 amide bonds. The van der Waals surface area contributed by atoms with Crippen LogP contribution in [0.1, 0.15) is 15.9 Å². The Morgan fingerprint density at radius 1 is 1.04 bits per heavy atom. The number of piperazine rings is 1. The second-order valence-electron chi connectivity index (χ2n) is 6.82. The predicted octanol–water partition coefficient (Wildman–Crippen LogP) is 2.27. The van der Waals surface area contributed by atoms with E-state index in [0.29, 0.717) is 23.5 Å². The predicted molar refractivity (Wildman–Crippen MR) is 112 cm³/mol. The summed E-state index contributed by atoms with van der Waals surface area (Å²) in [6.45, 7) is 7.33. The maximum atomic E-state index is 12.5. The Balaban J connectivity index is 1.54. The Labute approximate surface area is 165 Å². The molecule has 0 radical (unpaired) electrons. The maximum Gasteiger partial charge on any atom is 0.323 e. The van der Waals surface area contributed by atoms with Crippen molar-refractivity contribution in [1.82, 2.24) is 15.5 Å². The van der Waals surface area contributed by atoms with Gasteiger partial charge in [0.1, 0.15) is 0 Å². The third-order valence-electron chi connectivity index (χ3n) is 4.70. The molecular formula is C21H27N5O2. The molecule has 28 heavy (non-hydrogen) atoms. The van der Waals surface area contributed by atoms with Gasteiger partial charge in [-0.2, -0.15) is 0 Å². The standard InChI is InChI=1S/C21H27N5O2/c1-16-7-8-17(20(27)23-11-14-26-12-9-22-10-13-26)15-19(16)25-21(28)24-18-5-3-2-4-6-18/h2-8,15,22H,9-14H2,1H3,(H,23,27)(H2,24,25,28). The van der Waals surface area contributed by atoms with E-state index in [0.717, 1.165) is 38.3 Å². The number of nitrogens with one attached hydrogen (secondary N) is 4. The van der Waals surface area contributed by atoms with Crippen molar-refractivity contribution in [2.45, 2.75) is 6.92 Å². The number of aryl methyl sites for hydroxylation is 1. The van der Waals surface area contributed by atoms with Crippen LogP contribution in [0.5, 0.6) is 0 Å². The first-order valence-electron chi connectivity index (χ1n) is 9.57. The van der Waals surface area contributed by atoms with Crippen molar-refractivity contribution in [2.24, 2.45) is 0 Å². The van der Waals surface area contributed by atoms with Crippen LogP contribution in [0.4, 0.5) is 16.2 Å². The second-order valence-corrected chi connectivity index (χ2v) is 6.82. The summed E-state index contributed by atoms with van der Waals surface area (Å²) in [6, 6.07) is 14.2. The SMILES string of the molecule is Cc1ccc(C(=O)NCCN2CCNCC2)cc1NC(=O)Nc1ccccc1. The number of hydrogen-bond donors (Lipinski definition) is 4. The first kappa shape index (κ1) is 19.9. The first-order valence-corrected chi connectivity index (χ1v) is 9.57. The van der Waals surface area contributed by atoms with Gasteiger partial charge in [0.25, 0.3) is 5.91 Å². The molecule has 1 saturated heterocycles. The molecule has 2 aromatic carbocycles. The van der Waals surface area contributed by atoms with Crippen LogP contribution in [0.25, 0.3) is 0 Å². The van der Waals surface area contributed by atoms with Crippen molar-refractivity contribution in [1.29, 1.82) is 0 Å². The molecule has 0 bridgehead atoms. The molecule has 4 N–H and O–H groups in total. The molecule has 0 aromatic heterocycles. The van der Waals surface area contributed by atoms with Crippen molar-refractivity contribution >= 4 is 23.3 Å². The van der Waals surface area contributed by atoms with Crippen molar-refractivity contribution < 1.29 is 9.59 Å². The van der Waals surface area contributed by atoms with Crippen LogP contribution in [-0.2, 0) is 0 Å². The Hall–Kier alpha value is -2.90. The molecule has 1 heterocycles. The number of carbonyl (C=O) groups is 2. The van der Waals surface area contributed by atoms with Gasteiger partial charge in [0.05, 0.1) is 0 Å². The average molecular weight is 381 g/mol. The lowest BCUT2D eigenvalue weighted by Crippen LogP contribution is -2.46. The van der Waals surface area contributed by atoms with E-state index in [2.05, 4.69) is 26.2 Å². The molecule has 1 fully saturated rings. The lowest BCUT2D eigenvalue weighted by Gasteiger charge is -2.27. The monoisotopic (exact) mass is 381 g/mol. The zero-order chi connectivity index (χ0) is 19.8. The Bertz CT molecular complexity index is 804. The molecule has 0 saturated carbocycles. The first-order chi connectivity index (χ1) is 13.6. The van der Waals surface area contributed by atoms with Crippen molar-refractivity contribution in [3.8, 4) is 0 Å². The fourth-order valence-electron chi connectivity index (χ4n) is 3.07. The summed E-state index contributed by atoms with van der Waals surface area (Å²) in [5.74, 6) is -0.137. The number of nitrogens with zero attached hydrogens (tertiary/aromatic N) is 1. The summed E-state index contributed by atoms with van der Waals surface area (Å²) in [4.78, 5) is 27.0. The summed E-state index contributed by atoms with van der Waals surface area (Å²) in [5.41, 5.74) is 2.74. The number of urea groups is 1. The van der Waals surface area contributed by atoms with Crippen molar-refractivity contribution in [2.75, 3.05) is 49.9 Å². The van der Waals surface area contributed by atoms with Crippen LogP contribution < -0.4 is 21.3 Å². The highest BCUT2D eigenvalue weighted by Gasteiger charge is 2.12. The van der Waals surface area contributed by atoms with Gasteiger partial charge in [-0.1, -0.05) is 24.3 Å². The Morgan fingerprint density at radius 2 is 1.79 bits per heavy atom. The minimum absolute atomic E-state index is 0.137. The second kappa shape index (κ2) is 9.87. The lowest BCUT2D eigenvalue weighted by molar-refractivity contribution is 0.0947. The molecule has 0 atom stereocenters. The summed E-state index contributed by atoms with van der Waals surface area (Å²) < 4.78 is 0. The fourth-order valence-corrected chi connectivity index (χ4v) is 3.07. The maximum absolute atomic E-state index is 12.5. The minimum Gasteiger partial charge on any atom is -0.351 e. The van der Waals surface area contributed by atoms with E-state index in [1.807, 2.05) is 43.3 Å². The van der Waals surface area contributed by atoms with Gasteiger partial charge in [-0.25, -0.2) is 4.79 Å². The third kappa shape index (κ3) is 5.80. The Kier molecular flexibility index (Phi) is 7.00. The molecule has 7 nitrogen and oxygen atoms in total. The largest absolute Gasteiger partial charge is 0.351 e. The summed E-state index contributed by atoms with van der Waals surface area (Å²) in [6.07, 6.45) is 0. The van der Waals surface area contributed by atoms with Crippen molar-refractivity contribution in [3.63, 3.8) is 0 Å². The van der Waals surface area contributed by atoms with E-state index in [1.54, 1.807) is 12.1 Å². The van der Waals surface area contributed by atoms with E-state index in [9.17, 15) is 9.59 Å². The highest BCUT2D eigenvalue weighted by Crippen LogP contribution is 2.17. The van der Waals surface area contributed by atoms with Gasteiger partial charge in [-0.15, -0.1) is 0 Å². The quantitative estimate of drug-likeness (QED) is 0.618. The molecule has 1 aliphatic rings. The van der Waals surface area contributed by atoms with Crippen LogP contribution in [0.2, 0.25) is 0 Å². The number of benzene rings is 2. The number of carbonyl (C=O) groups excluding carboxylic acids is 2. The molecule has 2 aromatic rings. The van der Waals surface area contributed by atoms with E-state index in [4.69, 9.17) is 0 Å². The molecule has 3 rings (SSSR count). The third-order valence-corrected chi connectivity index (χ3v) is 4.70. The number of para-hydroxylation sites is 1. The van der Waals surface area contributed by atoms with Gasteiger partial charge in [-0.3, -0.25) is 9.69 Å². The van der Waals surface area contributed by atoms with Crippen LogP contribution >= 0.6 is 0 Å². The number of hydrogen-bond acceptors (Lipinski definition) is 4. The normalized spacial score (nSPS) is 14.3. The van der Waals surface area contributed by atoms with Gasteiger partial charge < -0.3 is 21.3 Å². The fraction of sp³-hybridized carbons (Fsp3) is 0.333. The number of anilines is 2. The van der Waals surface area contributed by atoms with Gasteiger partial charge in [0.2, 0.25) is 0 Å². The average Bonchev–Trinajstić information content (AvgIpc) is 2.71.